The molecule has 7 heteroatoms. The molecule has 5 nitrogen and oxygen atoms in total. The number of carbonyl (C=O) groups excluding carboxylic acids is 1. The van der Waals surface area contributed by atoms with E-state index in [9.17, 15) is 18.4 Å². The Hall–Kier alpha value is -3.09. The van der Waals surface area contributed by atoms with Crippen molar-refractivity contribution in [1.82, 2.24) is 15.1 Å². The highest BCUT2D eigenvalue weighted by Gasteiger charge is 2.20. The highest BCUT2D eigenvalue weighted by Crippen LogP contribution is 2.19. The molecule has 146 valence electrons. The van der Waals surface area contributed by atoms with Crippen LogP contribution in [-0.2, 0) is 6.54 Å². The van der Waals surface area contributed by atoms with Gasteiger partial charge >= 0.3 is 0 Å². The smallest absolute Gasteiger partial charge is 0.274 e. The maximum Gasteiger partial charge on any atom is 0.274 e. The minimum absolute atomic E-state index is 0.0882. The van der Waals surface area contributed by atoms with Crippen LogP contribution >= 0.6 is 0 Å². The van der Waals surface area contributed by atoms with Crippen molar-refractivity contribution in [2.75, 3.05) is 0 Å². The van der Waals surface area contributed by atoms with Gasteiger partial charge in [0.2, 0.25) is 0 Å². The molecule has 28 heavy (non-hydrogen) atoms. The van der Waals surface area contributed by atoms with Crippen molar-refractivity contribution in [3.05, 3.63) is 75.7 Å². The molecule has 0 aliphatic rings. The van der Waals surface area contributed by atoms with Crippen molar-refractivity contribution in [1.29, 1.82) is 0 Å². The van der Waals surface area contributed by atoms with Crippen molar-refractivity contribution in [3.63, 3.8) is 0 Å². The van der Waals surface area contributed by atoms with E-state index in [0.29, 0.717) is 17.3 Å². The minimum Gasteiger partial charge on any atom is -0.344 e. The average molecular weight is 385 g/mol. The lowest BCUT2D eigenvalue weighted by Crippen LogP contribution is -2.33. The van der Waals surface area contributed by atoms with E-state index >= 15 is 0 Å². The van der Waals surface area contributed by atoms with Gasteiger partial charge in [-0.1, -0.05) is 38.1 Å². The molecule has 0 aliphatic carbocycles. The Morgan fingerprint density at radius 1 is 1.11 bits per heavy atom. The van der Waals surface area contributed by atoms with Gasteiger partial charge in [0.1, 0.15) is 11.6 Å². The molecule has 0 radical (unpaired) electrons. The first-order valence-corrected chi connectivity index (χ1v) is 9.03. The molecule has 0 fully saturated rings. The number of hydrogen-bond donors (Lipinski definition) is 1. The zero-order valence-corrected chi connectivity index (χ0v) is 15.9. The zero-order valence-electron chi connectivity index (χ0n) is 15.9. The van der Waals surface area contributed by atoms with E-state index in [1.54, 1.807) is 31.2 Å². The number of rotatable bonds is 5. The van der Waals surface area contributed by atoms with E-state index in [4.69, 9.17) is 0 Å². The van der Waals surface area contributed by atoms with Crippen molar-refractivity contribution in [3.8, 4) is 0 Å². The number of aromatic nitrogens is 2. The molecule has 1 N–H and O–H groups in total. The second-order valence-corrected chi connectivity index (χ2v) is 7.14. The largest absolute Gasteiger partial charge is 0.344 e. The number of nitrogens with one attached hydrogen (secondary N) is 1. The van der Waals surface area contributed by atoms with E-state index in [1.165, 1.54) is 10.7 Å². The van der Waals surface area contributed by atoms with Crippen LogP contribution < -0.4 is 10.9 Å². The van der Waals surface area contributed by atoms with Crippen LogP contribution in [0.5, 0.6) is 0 Å². The lowest BCUT2D eigenvalue weighted by atomic mass is 10.1. The van der Waals surface area contributed by atoms with Crippen LogP contribution in [0, 0.1) is 17.6 Å². The second-order valence-electron chi connectivity index (χ2n) is 7.14. The van der Waals surface area contributed by atoms with Gasteiger partial charge in [-0.15, -0.1) is 0 Å². The average Bonchev–Trinajstić information content (AvgIpc) is 2.63. The summed E-state index contributed by atoms with van der Waals surface area (Å²) in [4.78, 5) is 25.5. The van der Waals surface area contributed by atoms with Crippen LogP contribution in [0.3, 0.4) is 0 Å². The van der Waals surface area contributed by atoms with Crippen molar-refractivity contribution >= 4 is 16.7 Å². The number of fused-ring (bicyclic) bond motifs is 1. The van der Waals surface area contributed by atoms with Gasteiger partial charge < -0.3 is 5.32 Å². The molecule has 1 heterocycles. The topological polar surface area (TPSA) is 64.0 Å². The quantitative estimate of drug-likeness (QED) is 0.726. The third-order valence-corrected chi connectivity index (χ3v) is 4.40. The predicted molar refractivity (Wildman–Crippen MR) is 103 cm³/mol. The minimum atomic E-state index is -0.740. The van der Waals surface area contributed by atoms with Crippen molar-refractivity contribution < 1.29 is 13.6 Å². The van der Waals surface area contributed by atoms with Gasteiger partial charge in [0.25, 0.3) is 11.5 Å². The molecular formula is C21H21F2N3O2. The third-order valence-electron chi connectivity index (χ3n) is 4.40. The normalized spacial score (nSPS) is 12.4. The summed E-state index contributed by atoms with van der Waals surface area (Å²) >= 11 is 0. The summed E-state index contributed by atoms with van der Waals surface area (Å²) < 4.78 is 28.4. The Kier molecular flexibility index (Phi) is 5.53. The SMILES string of the molecule is CC(C)Cn1nc(C(=O)NC(C)c2ccc(F)cc2F)c2ccccc2c1=O. The van der Waals surface area contributed by atoms with E-state index in [0.717, 1.165) is 12.1 Å². The van der Waals surface area contributed by atoms with E-state index < -0.39 is 23.6 Å². The molecule has 2 aromatic carbocycles. The summed E-state index contributed by atoms with van der Waals surface area (Å²) in [5.41, 5.74) is -0.0155. The van der Waals surface area contributed by atoms with Gasteiger partial charge in [-0.25, -0.2) is 13.5 Å². The number of halogens is 2. The second kappa shape index (κ2) is 7.88. The van der Waals surface area contributed by atoms with Gasteiger partial charge in [-0.3, -0.25) is 9.59 Å². The van der Waals surface area contributed by atoms with E-state index in [-0.39, 0.29) is 22.7 Å². The van der Waals surface area contributed by atoms with E-state index in [2.05, 4.69) is 10.4 Å². The standard InChI is InChI=1S/C21H21F2N3O2/c1-12(2)11-26-21(28)17-7-5-4-6-16(17)19(25-26)20(27)24-13(3)15-9-8-14(22)10-18(15)23/h4-10,12-13H,11H2,1-3H3,(H,24,27). The van der Waals surface area contributed by atoms with Gasteiger partial charge in [-0.05, 0) is 25.0 Å². The molecule has 1 unspecified atom stereocenters. The highest BCUT2D eigenvalue weighted by molar-refractivity contribution is 6.04. The Labute approximate surface area is 161 Å². The fourth-order valence-corrected chi connectivity index (χ4v) is 3.07. The van der Waals surface area contributed by atoms with Gasteiger partial charge in [0.15, 0.2) is 5.69 Å². The van der Waals surface area contributed by atoms with Crippen LogP contribution in [0.2, 0.25) is 0 Å². The van der Waals surface area contributed by atoms with Crippen LogP contribution in [0.1, 0.15) is 42.9 Å². The summed E-state index contributed by atoms with van der Waals surface area (Å²) in [5, 5.41) is 7.77. The monoisotopic (exact) mass is 385 g/mol. The summed E-state index contributed by atoms with van der Waals surface area (Å²) in [6.45, 7) is 5.86. The van der Waals surface area contributed by atoms with Crippen LogP contribution in [0.15, 0.2) is 47.3 Å². The fraction of sp³-hybridized carbons (Fsp3) is 0.286. The highest BCUT2D eigenvalue weighted by atomic mass is 19.1. The first-order valence-electron chi connectivity index (χ1n) is 9.03. The zero-order chi connectivity index (χ0) is 20.4. The summed E-state index contributed by atoms with van der Waals surface area (Å²) in [7, 11) is 0. The number of carbonyl (C=O) groups is 1. The lowest BCUT2D eigenvalue weighted by Gasteiger charge is -2.17. The Morgan fingerprint density at radius 2 is 1.79 bits per heavy atom. The molecular weight excluding hydrogens is 364 g/mol. The molecule has 0 spiro atoms. The maximum absolute atomic E-state index is 14.0. The van der Waals surface area contributed by atoms with Crippen molar-refractivity contribution in [2.45, 2.75) is 33.4 Å². The maximum atomic E-state index is 14.0. The van der Waals surface area contributed by atoms with Crippen LogP contribution in [-0.4, -0.2) is 15.7 Å². The van der Waals surface area contributed by atoms with Crippen molar-refractivity contribution in [2.24, 2.45) is 5.92 Å². The van der Waals surface area contributed by atoms with Gasteiger partial charge in [-0.2, -0.15) is 5.10 Å². The first-order chi connectivity index (χ1) is 13.3. The van der Waals surface area contributed by atoms with Gasteiger partial charge in [0.05, 0.1) is 11.4 Å². The molecule has 0 saturated carbocycles. The lowest BCUT2D eigenvalue weighted by molar-refractivity contribution is 0.0933. The molecule has 1 amide bonds. The third kappa shape index (κ3) is 3.93. The summed E-state index contributed by atoms with van der Waals surface area (Å²) in [6.07, 6.45) is 0. The summed E-state index contributed by atoms with van der Waals surface area (Å²) in [5.74, 6) is -1.80. The van der Waals surface area contributed by atoms with Crippen LogP contribution in [0.25, 0.3) is 10.8 Å². The number of benzene rings is 2. The molecule has 0 bridgehead atoms. The van der Waals surface area contributed by atoms with Gasteiger partial charge in [0, 0.05) is 23.6 Å². The fourth-order valence-electron chi connectivity index (χ4n) is 3.07. The molecule has 0 saturated heterocycles. The van der Waals surface area contributed by atoms with E-state index in [1.807, 2.05) is 13.8 Å². The predicted octanol–water partition coefficient (Wildman–Crippen LogP) is 3.82. The Bertz CT molecular complexity index is 1090. The molecule has 3 aromatic rings. The Morgan fingerprint density at radius 3 is 2.43 bits per heavy atom. The number of nitrogens with zero attached hydrogens (tertiary/aromatic N) is 2. The molecule has 0 aliphatic heterocycles. The molecule has 1 atom stereocenters. The molecule has 3 rings (SSSR count). The number of amides is 1. The Balaban J connectivity index is 2.01. The number of hydrogen-bond acceptors (Lipinski definition) is 3. The molecule has 1 aromatic heterocycles. The van der Waals surface area contributed by atoms with Crippen LogP contribution in [0.4, 0.5) is 8.78 Å². The summed E-state index contributed by atoms with van der Waals surface area (Å²) in [6, 6.07) is 9.24. The first kappa shape index (κ1) is 19.7.